The number of fused-ring (bicyclic) bond motifs is 1. The van der Waals surface area contributed by atoms with Gasteiger partial charge in [0.25, 0.3) is 0 Å². The topological polar surface area (TPSA) is 215 Å². The van der Waals surface area contributed by atoms with Crippen LogP contribution in [0.5, 0.6) is 0 Å². The monoisotopic (exact) mass is 868 g/mol. The number of carbonyl (C=O) groups is 6. The molecule has 4 fully saturated rings. The van der Waals surface area contributed by atoms with E-state index in [0.29, 0.717) is 25.9 Å². The number of hydrogen-bond acceptors (Lipinski definition) is 17. The van der Waals surface area contributed by atoms with Crippen LogP contribution < -0.4 is 0 Å². The van der Waals surface area contributed by atoms with Crippen LogP contribution in [0.2, 0.25) is 0 Å². The largest absolute Gasteiger partial charge is 0.465 e. The minimum atomic E-state index is -1.59. The van der Waals surface area contributed by atoms with E-state index >= 15 is 0 Å². The van der Waals surface area contributed by atoms with Gasteiger partial charge in [0.05, 0.1) is 30.0 Å². The summed E-state index contributed by atoms with van der Waals surface area (Å²) in [5, 5.41) is 12.1. The maximum Gasteiger partial charge on any atom is 0.303 e. The van der Waals surface area contributed by atoms with Gasteiger partial charge >= 0.3 is 35.8 Å². The Hall–Kier alpha value is -3.64. The minimum absolute atomic E-state index is 0.163. The van der Waals surface area contributed by atoms with Crippen molar-refractivity contribution in [1.82, 2.24) is 0 Å². The van der Waals surface area contributed by atoms with Gasteiger partial charge in [0.1, 0.15) is 0 Å². The van der Waals surface area contributed by atoms with E-state index in [1.165, 1.54) is 27.7 Å². The summed E-state index contributed by atoms with van der Waals surface area (Å²) in [6.45, 7) is 22.8. The maximum atomic E-state index is 12.7. The van der Waals surface area contributed by atoms with Gasteiger partial charge in [-0.2, -0.15) is 0 Å². The number of aliphatic hydroxyl groups is 1. The third-order valence-electron chi connectivity index (χ3n) is 13.2. The Balaban J connectivity index is 1.73. The molecule has 2 aliphatic heterocycles. The predicted octanol–water partition coefficient (Wildman–Crippen LogP) is 4.80. The molecule has 4 rings (SSSR count). The molecule has 0 bridgehead atoms. The molecule has 61 heavy (non-hydrogen) atoms. The molecule has 0 unspecified atom stereocenters. The van der Waals surface area contributed by atoms with Crippen LogP contribution in [-0.4, -0.2) is 120 Å². The molecule has 2 heterocycles. The second-order valence-corrected chi connectivity index (χ2v) is 18.4. The predicted molar refractivity (Wildman–Crippen MR) is 214 cm³/mol. The molecule has 16 atom stereocenters. The van der Waals surface area contributed by atoms with Crippen molar-refractivity contribution in [3.63, 3.8) is 0 Å². The second kappa shape index (κ2) is 19.8. The average molecular weight is 869 g/mol. The summed E-state index contributed by atoms with van der Waals surface area (Å²) >= 11 is 0. The Morgan fingerprint density at radius 3 is 1.66 bits per heavy atom. The van der Waals surface area contributed by atoms with E-state index in [9.17, 15) is 33.9 Å². The first-order valence-electron chi connectivity index (χ1n) is 21.3. The quantitative estimate of drug-likeness (QED) is 0.133. The van der Waals surface area contributed by atoms with Gasteiger partial charge in [-0.3, -0.25) is 28.8 Å². The van der Waals surface area contributed by atoms with Gasteiger partial charge in [-0.15, -0.1) is 6.58 Å². The summed E-state index contributed by atoms with van der Waals surface area (Å²) in [5.41, 5.74) is -2.82. The molecule has 0 spiro atoms. The van der Waals surface area contributed by atoms with Gasteiger partial charge in [0, 0.05) is 47.0 Å². The summed E-state index contributed by atoms with van der Waals surface area (Å²) in [5.74, 6) is -4.15. The highest BCUT2D eigenvalue weighted by molar-refractivity contribution is 5.69. The number of ether oxygens (including phenoxy) is 10. The lowest BCUT2D eigenvalue weighted by molar-refractivity contribution is -0.371. The van der Waals surface area contributed by atoms with E-state index in [2.05, 4.69) is 20.4 Å². The molecule has 1 N–H and O–H groups in total. The maximum absolute atomic E-state index is 12.7. The first-order valence-corrected chi connectivity index (χ1v) is 21.3. The molecule has 0 aromatic carbocycles. The molecule has 17 heteroatoms. The number of rotatable bonds is 15. The van der Waals surface area contributed by atoms with Crippen LogP contribution in [0.4, 0.5) is 0 Å². The molecule has 0 amide bonds. The Labute approximate surface area is 359 Å². The van der Waals surface area contributed by atoms with Crippen molar-refractivity contribution in [1.29, 1.82) is 0 Å². The van der Waals surface area contributed by atoms with Crippen LogP contribution in [0.15, 0.2) is 12.7 Å². The zero-order valence-corrected chi connectivity index (χ0v) is 37.8. The molecule has 0 aromatic rings. The van der Waals surface area contributed by atoms with Gasteiger partial charge in [-0.1, -0.05) is 26.3 Å². The van der Waals surface area contributed by atoms with Crippen molar-refractivity contribution >= 4 is 35.8 Å². The van der Waals surface area contributed by atoms with Gasteiger partial charge in [0.15, 0.2) is 49.2 Å². The Morgan fingerprint density at radius 2 is 1.16 bits per heavy atom. The van der Waals surface area contributed by atoms with Crippen molar-refractivity contribution in [3.05, 3.63) is 12.7 Å². The fourth-order valence-corrected chi connectivity index (χ4v) is 10.5. The Bertz CT molecular complexity index is 1630. The first kappa shape index (κ1) is 50.0. The number of carbonyl (C=O) groups excluding carboxylic acids is 6. The van der Waals surface area contributed by atoms with Crippen LogP contribution in [0, 0.1) is 22.7 Å². The van der Waals surface area contributed by atoms with Crippen LogP contribution in [0.3, 0.4) is 0 Å². The minimum Gasteiger partial charge on any atom is -0.465 e. The average Bonchev–Trinajstić information content (AvgIpc) is 3.12. The van der Waals surface area contributed by atoms with Crippen molar-refractivity contribution in [2.75, 3.05) is 6.61 Å². The fourth-order valence-electron chi connectivity index (χ4n) is 10.5. The summed E-state index contributed by atoms with van der Waals surface area (Å²) < 4.78 is 59.7. The van der Waals surface area contributed by atoms with Crippen LogP contribution >= 0.6 is 0 Å². The van der Waals surface area contributed by atoms with E-state index in [1.54, 1.807) is 19.9 Å². The summed E-state index contributed by atoms with van der Waals surface area (Å²) in [6, 6.07) is 0. The zero-order chi connectivity index (χ0) is 45.8. The third kappa shape index (κ3) is 11.9. The summed E-state index contributed by atoms with van der Waals surface area (Å²) in [4.78, 5) is 74.2. The highest BCUT2D eigenvalue weighted by atomic mass is 16.8. The summed E-state index contributed by atoms with van der Waals surface area (Å²) in [6.07, 6.45) is -6.78. The Morgan fingerprint density at radius 1 is 0.689 bits per heavy atom. The molecule has 2 saturated heterocycles. The van der Waals surface area contributed by atoms with Gasteiger partial charge in [0.2, 0.25) is 0 Å². The lowest BCUT2D eigenvalue weighted by atomic mass is 9.44. The molecule has 0 radical (unpaired) electrons. The standard InChI is InChI=1S/C44H68O17/c1-14-42(11,20-16-32-43(12)19-15-18-41(10,22-52-25(4)45)31(43)17-21-44(32,13)51)61-40-38(36(58-29(8)49)34(24(3)54-40)56-27(6)47)60-39-37(59-30(9)50)35(57-28(7)48)33(23(2)53-39)55-26(5)46/h14,23-24,31-40,51H,1,15-22H2,2-13H3/t23-,24+,31-,32+,33-,34+,35+,36-,37-,38-,39+,40+,41+,42+,43-,44-/m1/s1. The lowest BCUT2D eigenvalue weighted by Gasteiger charge is -2.62. The highest BCUT2D eigenvalue weighted by Gasteiger charge is 2.60. The second-order valence-electron chi connectivity index (χ2n) is 18.4. The molecule has 4 aliphatic rings. The lowest BCUT2D eigenvalue weighted by Crippen LogP contribution is -2.66. The van der Waals surface area contributed by atoms with E-state index in [0.717, 1.165) is 46.5 Å². The molecule has 2 saturated carbocycles. The SMILES string of the molecule is C=C[C@@](C)(CC[C@H]1[C@]2(C)CCC[C@@](C)(COC(C)=O)[C@H]2CC[C@@]1(C)O)O[C@@H]1O[C@@H](C)[C@H](OC(C)=O)[C@@H](OC(C)=O)[C@H]1O[C@@H]1O[C@H](C)[C@@H](OC(C)=O)[C@H](OC(C)=O)[C@H]1OC(C)=O. The van der Waals surface area contributed by atoms with Crippen molar-refractivity contribution in [2.24, 2.45) is 22.7 Å². The van der Waals surface area contributed by atoms with E-state index in [4.69, 9.17) is 47.4 Å². The van der Waals surface area contributed by atoms with Crippen molar-refractivity contribution in [3.8, 4) is 0 Å². The van der Waals surface area contributed by atoms with Crippen LogP contribution in [-0.2, 0) is 76.1 Å². The van der Waals surface area contributed by atoms with Crippen molar-refractivity contribution < 1.29 is 81.2 Å². The van der Waals surface area contributed by atoms with Gasteiger partial charge in [-0.25, -0.2) is 0 Å². The first-order chi connectivity index (χ1) is 28.3. The smallest absolute Gasteiger partial charge is 0.303 e. The zero-order valence-electron chi connectivity index (χ0n) is 37.8. The molecular formula is C44H68O17. The van der Waals surface area contributed by atoms with Crippen molar-refractivity contribution in [2.45, 2.75) is 201 Å². The van der Waals surface area contributed by atoms with E-state index in [-0.39, 0.29) is 28.6 Å². The van der Waals surface area contributed by atoms with Gasteiger partial charge < -0.3 is 52.5 Å². The molecule has 2 aliphatic carbocycles. The third-order valence-corrected chi connectivity index (χ3v) is 13.2. The molecular weight excluding hydrogens is 800 g/mol. The van der Waals surface area contributed by atoms with Crippen LogP contribution in [0.1, 0.15) is 128 Å². The molecule has 17 nitrogen and oxygen atoms in total. The Kier molecular flexibility index (Phi) is 16.2. The van der Waals surface area contributed by atoms with Gasteiger partial charge in [-0.05, 0) is 83.5 Å². The molecule has 0 aromatic heterocycles. The van der Waals surface area contributed by atoms with Crippen LogP contribution in [0.25, 0.3) is 0 Å². The number of esters is 6. The number of hydrogen-bond donors (Lipinski definition) is 1. The normalized spacial score (nSPS) is 39.6. The van der Waals surface area contributed by atoms with E-state index in [1.807, 2.05) is 6.92 Å². The highest BCUT2D eigenvalue weighted by Crippen LogP contribution is 2.63. The van der Waals surface area contributed by atoms with E-state index < -0.39 is 102 Å². The fraction of sp³-hybridized carbons (Fsp3) is 0.818. The summed E-state index contributed by atoms with van der Waals surface area (Å²) in [7, 11) is 0. The molecule has 346 valence electrons.